The van der Waals surface area contributed by atoms with Gasteiger partial charge in [0.25, 0.3) is 0 Å². The molecule has 0 aliphatic heterocycles. The molecule has 72 heavy (non-hydrogen) atoms. The van der Waals surface area contributed by atoms with Crippen LogP contribution in [-0.4, -0.2) is 0 Å². The fourth-order valence-corrected chi connectivity index (χ4v) is 23.1. The second-order valence-corrected chi connectivity index (χ2v) is 29.9. The molecule has 0 saturated heterocycles. The summed E-state index contributed by atoms with van der Waals surface area (Å²) in [6.45, 7) is 7.36. The summed E-state index contributed by atoms with van der Waals surface area (Å²) in [6, 6.07) is 57.7. The van der Waals surface area contributed by atoms with Crippen LogP contribution in [0.25, 0.3) is 0 Å². The number of hydrogen-bond donors (Lipinski definition) is 0. The third-order valence-corrected chi connectivity index (χ3v) is 26.7. The van der Waals surface area contributed by atoms with Crippen molar-refractivity contribution >= 4 is 40.9 Å². The van der Waals surface area contributed by atoms with Crippen LogP contribution in [0.1, 0.15) is 44.5 Å². The Labute approximate surface area is 435 Å². The molecule has 0 radical (unpaired) electrons. The van der Waals surface area contributed by atoms with E-state index in [0.29, 0.717) is 49.4 Å². The maximum atomic E-state index is 12.5. The maximum absolute atomic E-state index is 12.5. The topological polar surface area (TPSA) is 235 Å². The molecule has 0 aromatic heterocycles. The van der Waals surface area contributed by atoms with Gasteiger partial charge in [-0.3, -0.25) is 0 Å². The molecule has 8 rings (SSSR count). The summed E-state index contributed by atoms with van der Waals surface area (Å²) in [4.78, 5) is 3.30. The van der Waals surface area contributed by atoms with Gasteiger partial charge in [0.2, 0.25) is 0 Å². The third-order valence-electron chi connectivity index (χ3n) is 11.6. The molecule has 0 atom stereocenters. The summed E-state index contributed by atoms with van der Waals surface area (Å²) in [5.74, 6) is 0. The number of aryl methyl sites for hydroxylation is 4. The summed E-state index contributed by atoms with van der Waals surface area (Å²) in [7, 11) is -20.7. The molecule has 0 unspecified atom stereocenters. The molecule has 0 aliphatic rings. The number of rotatable bonds is 18. The molecular weight excluding hydrogens is 1140 g/mol. The third kappa shape index (κ3) is 12.4. The Bertz CT molecular complexity index is 2830. The van der Waals surface area contributed by atoms with Crippen molar-refractivity contribution in [3.05, 3.63) is 246 Å². The molecule has 0 saturated carbocycles. The van der Waals surface area contributed by atoms with E-state index in [0.717, 1.165) is 44.5 Å². The molecule has 0 bridgehead atoms. The van der Waals surface area contributed by atoms with Gasteiger partial charge in [-0.25, -0.2) is 0 Å². The van der Waals surface area contributed by atoms with Crippen molar-refractivity contribution in [2.45, 2.75) is 69.9 Å². The van der Waals surface area contributed by atoms with Gasteiger partial charge in [0.05, 0.1) is 0 Å². The predicted octanol–water partition coefficient (Wildman–Crippen LogP) is 4.70. The van der Waals surface area contributed by atoms with Gasteiger partial charge in [-0.2, -0.15) is 28.0 Å². The first-order chi connectivity index (χ1) is 34.1. The van der Waals surface area contributed by atoms with Crippen LogP contribution >= 0.6 is 40.9 Å². The van der Waals surface area contributed by atoms with E-state index in [1.54, 1.807) is 97.1 Å². The SMILES string of the molecule is Cc1ccccc1S(O[Cl+3]([O-])([O-])[O-])(c1ccc(Cc2ccc(I(O[Cl+3]([O-])([O-])[O-])c3ccc(Cc4ccc(S(O[Cl+3]([O-])([O-])[O-])(c5ccccc5C)c5ccccc5C)cc4)cc3)cc2)cc1)c1ccccc1C. The monoisotopic (exact) mass is 1180 g/mol. The quantitative estimate of drug-likeness (QED) is 0.106. The average Bonchev–Trinajstić information content (AvgIpc) is 3.33. The molecule has 12 nitrogen and oxygen atoms in total. The van der Waals surface area contributed by atoms with E-state index in [1.807, 2.05) is 125 Å². The Morgan fingerprint density at radius 1 is 0.333 bits per heavy atom. The minimum atomic E-state index is -4.87. The fourth-order valence-electron chi connectivity index (χ4n) is 8.47. The average molecular weight is 1190 g/mol. The van der Waals surface area contributed by atoms with Crippen molar-refractivity contribution in [3.8, 4) is 0 Å². The summed E-state index contributed by atoms with van der Waals surface area (Å²) >= 11 is -3.33. The number of halogens is 4. The molecular formula is C54H48Cl3IO12S2. The first-order valence-corrected chi connectivity index (χ1v) is 31.8. The van der Waals surface area contributed by atoms with Gasteiger partial charge >= 0.3 is 311 Å². The van der Waals surface area contributed by atoms with E-state index in [4.69, 9.17) is 10.1 Å². The van der Waals surface area contributed by atoms with E-state index in [9.17, 15) is 41.9 Å². The number of benzene rings is 8. The van der Waals surface area contributed by atoms with Crippen molar-refractivity contribution in [3.63, 3.8) is 0 Å². The Morgan fingerprint density at radius 2 is 0.583 bits per heavy atom. The second-order valence-electron chi connectivity index (χ2n) is 16.6. The fraction of sp³-hybridized carbons (Fsp3) is 0.111. The predicted molar refractivity (Wildman–Crippen MR) is 256 cm³/mol. The van der Waals surface area contributed by atoms with Gasteiger partial charge in [-0.05, 0) is 27.7 Å². The van der Waals surface area contributed by atoms with Crippen LogP contribution in [0.3, 0.4) is 0 Å². The Morgan fingerprint density at radius 3 is 0.819 bits per heavy atom. The number of hydrogen-bond acceptors (Lipinski definition) is 12. The Balaban J connectivity index is 1.03. The van der Waals surface area contributed by atoms with Crippen molar-refractivity contribution in [1.29, 1.82) is 0 Å². The van der Waals surface area contributed by atoms with Gasteiger partial charge in [-0.1, -0.05) is 72.8 Å². The van der Waals surface area contributed by atoms with E-state index >= 15 is 0 Å². The van der Waals surface area contributed by atoms with E-state index < -0.39 is 71.6 Å². The summed E-state index contributed by atoms with van der Waals surface area (Å²) in [5.41, 5.74) is 6.44. The van der Waals surface area contributed by atoms with Gasteiger partial charge in [-0.15, -0.1) is 0 Å². The molecule has 0 amide bonds. The van der Waals surface area contributed by atoms with Crippen LogP contribution in [0, 0.1) is 65.6 Å². The van der Waals surface area contributed by atoms with Crippen molar-refractivity contribution < 1.29 is 82.8 Å². The standard InChI is InChI=1S/C54H48Cl3IO12S2/c1-39-13-5-9-17-51(39)71(69-56(62,63)64,52-18-10-6-14-40(52)2)49-33-25-45(26-34-49)37-43-21-29-47(30-22-43)58(68-55(59,60)61)48-31-23-44(24-32-48)38-46-27-35-50(36-28-46)72(70-57(65,66)67,53-19-11-7-15-41(53)3)54-20-12-8-16-42(54)4/h5-36H,37-38H2,1-4H3. The summed E-state index contributed by atoms with van der Waals surface area (Å²) < 4.78 is 129. The molecule has 8 aromatic carbocycles. The van der Waals surface area contributed by atoms with E-state index in [-0.39, 0.29) is 0 Å². The minimum Gasteiger partial charge on any atom is -0.0619 e. The zero-order chi connectivity index (χ0) is 51.5. The first-order valence-electron chi connectivity index (χ1n) is 22.0. The first kappa shape index (κ1) is 53.9. The van der Waals surface area contributed by atoms with Crippen LogP contribution < -0.4 is 41.9 Å². The minimum absolute atomic E-state index is 0.434. The van der Waals surface area contributed by atoms with E-state index in [1.165, 1.54) is 0 Å². The molecule has 376 valence electrons. The van der Waals surface area contributed by atoms with Crippen molar-refractivity contribution in [2.24, 2.45) is 0 Å². The molecule has 0 heterocycles. The van der Waals surface area contributed by atoms with Gasteiger partial charge in [0, 0.05) is 0 Å². The molecule has 0 fully saturated rings. The molecule has 0 spiro atoms. The van der Waals surface area contributed by atoms with Gasteiger partial charge < -0.3 is 0 Å². The summed E-state index contributed by atoms with van der Waals surface area (Å²) in [5, 5.41) is 0. The van der Waals surface area contributed by atoms with Gasteiger partial charge in [0.15, 0.2) is 0 Å². The van der Waals surface area contributed by atoms with E-state index in [2.05, 4.69) is 0 Å². The zero-order valence-electron chi connectivity index (χ0n) is 39.1. The van der Waals surface area contributed by atoms with Crippen molar-refractivity contribution in [2.75, 3.05) is 0 Å². The Kier molecular flexibility index (Phi) is 16.6. The Hall–Kier alpha value is -4.42. The second kappa shape index (κ2) is 22.2. The van der Waals surface area contributed by atoms with Crippen LogP contribution in [0.4, 0.5) is 0 Å². The normalized spacial score (nSPS) is 13.2. The smallest absolute Gasteiger partial charge is 0.0619 e. The molecule has 0 N–H and O–H groups in total. The summed E-state index contributed by atoms with van der Waals surface area (Å²) in [6.07, 6.45) is 0.869. The van der Waals surface area contributed by atoms with Crippen LogP contribution in [-0.2, 0) is 22.9 Å². The van der Waals surface area contributed by atoms with Crippen LogP contribution in [0.2, 0.25) is 0 Å². The van der Waals surface area contributed by atoms with Crippen LogP contribution in [0.15, 0.2) is 223 Å². The molecule has 8 aromatic rings. The van der Waals surface area contributed by atoms with Crippen LogP contribution in [0.5, 0.6) is 0 Å². The van der Waals surface area contributed by atoms with Crippen molar-refractivity contribution in [1.82, 2.24) is 0 Å². The zero-order valence-corrected chi connectivity index (χ0v) is 45.2. The molecule has 0 aliphatic carbocycles. The van der Waals surface area contributed by atoms with Gasteiger partial charge in [0.1, 0.15) is 0 Å². The molecule has 18 heteroatoms.